The van der Waals surface area contributed by atoms with E-state index in [-0.39, 0.29) is 0 Å². The molecule has 0 aliphatic carbocycles. The van der Waals surface area contributed by atoms with Crippen molar-refractivity contribution in [1.82, 2.24) is 13.2 Å². The summed E-state index contributed by atoms with van der Waals surface area (Å²) < 4.78 is 10.2. The molecule has 0 amide bonds. The van der Waals surface area contributed by atoms with Gasteiger partial charge in [-0.05, 0) is 49.7 Å². The Kier molecular flexibility index (Phi) is 4.41. The number of benzene rings is 2. The number of nitrogens with zero attached hydrogens (tertiary/aromatic N) is 3. The lowest BCUT2D eigenvalue weighted by atomic mass is 10.1. The molecule has 0 bridgehead atoms. The second-order valence-corrected chi connectivity index (χ2v) is 8.97. The van der Waals surface area contributed by atoms with Gasteiger partial charge < -0.3 is 14.3 Å². The Labute approximate surface area is 199 Å². The molecule has 2 aromatic carbocycles. The summed E-state index contributed by atoms with van der Waals surface area (Å²) in [5, 5.41) is 3.94. The normalized spacial score (nSPS) is 14.6. The van der Waals surface area contributed by atoms with Gasteiger partial charge in [0.15, 0.2) is 0 Å². The van der Waals surface area contributed by atoms with Crippen molar-refractivity contribution in [2.45, 2.75) is 19.9 Å². The largest absolute Gasteiger partial charge is 0.464 e. The molecule has 4 heterocycles. The Hall–Kier alpha value is -3.97. The standard InChI is InChI=1S/C26H21ClN4O3/c1-14-7-6-8-16(13-14)22-20-23(29(3)26(33)31(27)25(20)32)24-21(19-12-11-15(2)34-19)28-17-9-4-5-10-18(17)30(22)24/h4-13,21,28H,1-3H3. The number of rotatable bonds is 2. The van der Waals surface area contributed by atoms with Crippen molar-refractivity contribution in [3.05, 3.63) is 104 Å². The number of anilines is 1. The maximum Gasteiger partial charge on any atom is 0.346 e. The summed E-state index contributed by atoms with van der Waals surface area (Å²) in [5.41, 5.74) is 4.47. The van der Waals surface area contributed by atoms with Gasteiger partial charge >= 0.3 is 5.69 Å². The Bertz CT molecular complexity index is 1740. The molecular formula is C26H21ClN4O3. The topological polar surface area (TPSA) is 74.1 Å². The first-order valence-corrected chi connectivity index (χ1v) is 11.3. The van der Waals surface area contributed by atoms with E-state index in [1.807, 2.05) is 74.5 Å². The number of furan rings is 1. The van der Waals surface area contributed by atoms with Gasteiger partial charge in [0, 0.05) is 18.8 Å². The summed E-state index contributed by atoms with van der Waals surface area (Å²) in [4.78, 5) is 26.4. The van der Waals surface area contributed by atoms with Crippen molar-refractivity contribution in [2.75, 3.05) is 5.32 Å². The van der Waals surface area contributed by atoms with Crippen molar-refractivity contribution < 1.29 is 4.42 Å². The van der Waals surface area contributed by atoms with Crippen LogP contribution in [0, 0.1) is 13.8 Å². The molecule has 8 heteroatoms. The van der Waals surface area contributed by atoms with Crippen LogP contribution in [0.25, 0.3) is 27.8 Å². The molecule has 1 aliphatic rings. The fraction of sp³-hybridized carbons (Fsp3) is 0.154. The van der Waals surface area contributed by atoms with E-state index >= 15 is 0 Å². The number of aryl methyl sites for hydroxylation is 3. The number of hydrogen-bond acceptors (Lipinski definition) is 4. The molecule has 170 valence electrons. The summed E-state index contributed by atoms with van der Waals surface area (Å²) in [6.45, 7) is 3.89. The molecule has 34 heavy (non-hydrogen) atoms. The Balaban J connectivity index is 1.88. The molecule has 1 atom stereocenters. The number of para-hydroxylation sites is 2. The third-order valence-electron chi connectivity index (χ3n) is 6.42. The summed E-state index contributed by atoms with van der Waals surface area (Å²) in [6.07, 6.45) is 0. The molecule has 6 rings (SSSR count). The first-order valence-electron chi connectivity index (χ1n) is 10.9. The minimum absolute atomic E-state index is 0.379. The van der Waals surface area contributed by atoms with E-state index in [9.17, 15) is 9.59 Å². The van der Waals surface area contributed by atoms with E-state index in [4.69, 9.17) is 16.2 Å². The number of hydrogen-bond donors (Lipinski definition) is 1. The predicted octanol–water partition coefficient (Wildman–Crippen LogP) is 4.88. The molecule has 0 saturated heterocycles. The van der Waals surface area contributed by atoms with Gasteiger partial charge in [0.1, 0.15) is 17.6 Å². The zero-order valence-corrected chi connectivity index (χ0v) is 19.6. The maximum atomic E-state index is 13.5. The van der Waals surface area contributed by atoms with Crippen molar-refractivity contribution in [1.29, 1.82) is 0 Å². The second kappa shape index (κ2) is 7.27. The van der Waals surface area contributed by atoms with Crippen LogP contribution in [0.3, 0.4) is 0 Å². The van der Waals surface area contributed by atoms with Gasteiger partial charge in [-0.15, -0.1) is 0 Å². The van der Waals surface area contributed by atoms with Crippen LogP contribution in [-0.2, 0) is 7.05 Å². The van der Waals surface area contributed by atoms with Crippen LogP contribution in [-0.4, -0.2) is 13.2 Å². The van der Waals surface area contributed by atoms with Gasteiger partial charge in [0.25, 0.3) is 5.56 Å². The second-order valence-electron chi connectivity index (χ2n) is 8.63. The molecule has 5 aromatic rings. The SMILES string of the molecule is Cc1cccc(-c2c3c(=O)n(Cl)c(=O)n(C)c3c3n2-c2ccccc2NC3c2ccc(C)o2)c1. The lowest BCUT2D eigenvalue weighted by Gasteiger charge is -2.29. The maximum absolute atomic E-state index is 13.5. The van der Waals surface area contributed by atoms with Crippen LogP contribution < -0.4 is 16.6 Å². The first-order chi connectivity index (χ1) is 16.4. The zero-order valence-electron chi connectivity index (χ0n) is 18.8. The van der Waals surface area contributed by atoms with Gasteiger partial charge in [0.2, 0.25) is 0 Å². The molecule has 0 saturated carbocycles. The highest BCUT2D eigenvalue weighted by molar-refractivity contribution is 6.16. The molecule has 0 radical (unpaired) electrons. The van der Waals surface area contributed by atoms with Crippen LogP contribution in [0.15, 0.2) is 74.7 Å². The average molecular weight is 473 g/mol. The van der Waals surface area contributed by atoms with Crippen LogP contribution in [0.2, 0.25) is 0 Å². The fourth-order valence-corrected chi connectivity index (χ4v) is 5.14. The predicted molar refractivity (Wildman–Crippen MR) is 133 cm³/mol. The van der Waals surface area contributed by atoms with E-state index in [1.54, 1.807) is 7.05 Å². The zero-order chi connectivity index (χ0) is 23.7. The van der Waals surface area contributed by atoms with Gasteiger partial charge in [-0.1, -0.05) is 35.9 Å². The number of halogens is 1. The van der Waals surface area contributed by atoms with E-state index in [0.29, 0.717) is 26.4 Å². The van der Waals surface area contributed by atoms with Crippen molar-refractivity contribution in [3.8, 4) is 16.9 Å². The highest BCUT2D eigenvalue weighted by Crippen LogP contribution is 2.45. The highest BCUT2D eigenvalue weighted by Gasteiger charge is 2.36. The molecule has 3 aromatic heterocycles. The van der Waals surface area contributed by atoms with Gasteiger partial charge in [-0.25, -0.2) is 4.79 Å². The molecule has 0 spiro atoms. The molecule has 7 nitrogen and oxygen atoms in total. The fourth-order valence-electron chi connectivity index (χ4n) is 4.94. The van der Waals surface area contributed by atoms with Crippen molar-refractivity contribution in [3.63, 3.8) is 0 Å². The number of aromatic nitrogens is 3. The Morgan fingerprint density at radius 1 is 1.00 bits per heavy atom. The van der Waals surface area contributed by atoms with Gasteiger partial charge in [-0.3, -0.25) is 9.36 Å². The molecular weight excluding hydrogens is 452 g/mol. The molecule has 1 aliphatic heterocycles. The minimum Gasteiger partial charge on any atom is -0.464 e. The quantitative estimate of drug-likeness (QED) is 0.397. The van der Waals surface area contributed by atoms with Crippen LogP contribution in [0.1, 0.15) is 28.8 Å². The first kappa shape index (κ1) is 20.6. The highest BCUT2D eigenvalue weighted by atomic mass is 35.5. The molecule has 1 N–H and O–H groups in total. The molecule has 1 unspecified atom stereocenters. The third-order valence-corrected chi connectivity index (χ3v) is 6.72. The van der Waals surface area contributed by atoms with E-state index in [2.05, 4.69) is 9.88 Å². The molecule has 0 fully saturated rings. The van der Waals surface area contributed by atoms with E-state index < -0.39 is 17.3 Å². The summed E-state index contributed by atoms with van der Waals surface area (Å²) in [5.74, 6) is 1.46. The van der Waals surface area contributed by atoms with Crippen LogP contribution in [0.5, 0.6) is 0 Å². The average Bonchev–Trinajstić information content (AvgIpc) is 3.43. The number of nitrogens with one attached hydrogen (secondary N) is 1. The summed E-state index contributed by atoms with van der Waals surface area (Å²) in [7, 11) is 1.63. The van der Waals surface area contributed by atoms with Gasteiger partial charge in [0.05, 0.1) is 33.7 Å². The smallest absolute Gasteiger partial charge is 0.346 e. The summed E-state index contributed by atoms with van der Waals surface area (Å²) in [6, 6.07) is 19.2. The van der Waals surface area contributed by atoms with Crippen molar-refractivity contribution in [2.24, 2.45) is 7.05 Å². The van der Waals surface area contributed by atoms with Crippen LogP contribution >= 0.6 is 11.8 Å². The Morgan fingerprint density at radius 2 is 1.79 bits per heavy atom. The lowest BCUT2D eigenvalue weighted by Crippen LogP contribution is -2.34. The Morgan fingerprint density at radius 3 is 2.53 bits per heavy atom. The summed E-state index contributed by atoms with van der Waals surface area (Å²) >= 11 is 6.20. The van der Waals surface area contributed by atoms with E-state index in [1.165, 1.54) is 4.57 Å². The minimum atomic E-state index is -0.600. The third kappa shape index (κ3) is 2.77. The van der Waals surface area contributed by atoms with Crippen LogP contribution in [0.4, 0.5) is 5.69 Å². The lowest BCUT2D eigenvalue weighted by molar-refractivity contribution is 0.469. The van der Waals surface area contributed by atoms with Gasteiger partial charge in [-0.2, -0.15) is 4.09 Å². The van der Waals surface area contributed by atoms with E-state index in [0.717, 1.165) is 34.0 Å². The van der Waals surface area contributed by atoms with Crippen molar-refractivity contribution >= 4 is 28.4 Å². The monoisotopic (exact) mass is 472 g/mol. The number of fused-ring (bicyclic) bond motifs is 5.